The number of carbonyl (C=O) groups excluding carboxylic acids is 1. The molecule has 0 atom stereocenters. The summed E-state index contributed by atoms with van der Waals surface area (Å²) in [5, 5.41) is 3.45. The minimum Gasteiger partial charge on any atom is -0.479 e. The second kappa shape index (κ2) is 5.73. The van der Waals surface area contributed by atoms with Crippen molar-refractivity contribution in [2.45, 2.75) is 11.0 Å². The van der Waals surface area contributed by atoms with Gasteiger partial charge in [0.05, 0.1) is 18.6 Å². The van der Waals surface area contributed by atoms with Crippen LogP contribution in [0.1, 0.15) is 16.1 Å². The molecule has 23 heavy (non-hydrogen) atoms. The first-order chi connectivity index (χ1) is 10.9. The van der Waals surface area contributed by atoms with Crippen LogP contribution in [0.5, 0.6) is 5.88 Å². The van der Waals surface area contributed by atoms with Gasteiger partial charge < -0.3 is 14.1 Å². The van der Waals surface area contributed by atoms with Crippen molar-refractivity contribution >= 4 is 15.7 Å². The van der Waals surface area contributed by atoms with Crippen molar-refractivity contribution in [2.24, 2.45) is 7.05 Å². The third-order valence-corrected chi connectivity index (χ3v) is 5.79. The molecule has 0 spiro atoms. The second-order valence-corrected chi connectivity index (χ2v) is 7.73. The average molecular weight is 339 g/mol. The van der Waals surface area contributed by atoms with Crippen LogP contribution < -0.4 is 4.74 Å². The Morgan fingerprint density at radius 2 is 2.22 bits per heavy atom. The molecule has 9 heteroatoms. The van der Waals surface area contributed by atoms with Crippen LogP contribution in [0.3, 0.4) is 0 Å². The van der Waals surface area contributed by atoms with E-state index < -0.39 is 15.1 Å². The number of aromatic nitrogens is 2. The van der Waals surface area contributed by atoms with Gasteiger partial charge in [0, 0.05) is 26.3 Å². The molecule has 0 aromatic carbocycles. The van der Waals surface area contributed by atoms with E-state index in [9.17, 15) is 13.2 Å². The molecule has 0 saturated carbocycles. The SMILES string of the molecule is COc1nn(C)cc1C(=O)N1CC(S(=O)(=O)Cc2ccco2)C1. The van der Waals surface area contributed by atoms with Crippen molar-refractivity contribution in [3.05, 3.63) is 35.9 Å². The first-order valence-corrected chi connectivity index (χ1v) is 8.73. The molecule has 0 bridgehead atoms. The fourth-order valence-electron chi connectivity index (χ4n) is 2.48. The predicted molar refractivity (Wildman–Crippen MR) is 80.8 cm³/mol. The summed E-state index contributed by atoms with van der Waals surface area (Å²) < 4.78 is 36.2. The summed E-state index contributed by atoms with van der Waals surface area (Å²) in [6, 6.07) is 3.27. The van der Waals surface area contributed by atoms with Crippen LogP contribution in [-0.2, 0) is 22.6 Å². The zero-order valence-corrected chi connectivity index (χ0v) is 13.6. The Morgan fingerprint density at radius 1 is 1.48 bits per heavy atom. The van der Waals surface area contributed by atoms with Crippen molar-refractivity contribution in [3.8, 4) is 5.88 Å². The summed E-state index contributed by atoms with van der Waals surface area (Å²) in [6.07, 6.45) is 3.00. The van der Waals surface area contributed by atoms with Crippen LogP contribution in [-0.4, -0.2) is 54.5 Å². The smallest absolute Gasteiger partial charge is 0.261 e. The maximum atomic E-state index is 12.4. The Hall–Kier alpha value is -2.29. The topological polar surface area (TPSA) is 94.6 Å². The maximum absolute atomic E-state index is 12.4. The quantitative estimate of drug-likeness (QED) is 0.785. The van der Waals surface area contributed by atoms with E-state index in [-0.39, 0.29) is 30.6 Å². The number of hydrogen-bond donors (Lipinski definition) is 0. The van der Waals surface area contributed by atoms with Crippen LogP contribution in [0.4, 0.5) is 0 Å². The van der Waals surface area contributed by atoms with E-state index in [1.807, 2.05) is 0 Å². The Balaban J connectivity index is 1.65. The molecule has 2 aromatic rings. The molecule has 1 fully saturated rings. The molecule has 1 amide bonds. The second-order valence-electron chi connectivity index (χ2n) is 5.44. The molecule has 3 rings (SSSR count). The third kappa shape index (κ3) is 2.96. The van der Waals surface area contributed by atoms with Crippen molar-refractivity contribution in [1.82, 2.24) is 14.7 Å². The molecule has 8 nitrogen and oxygen atoms in total. The van der Waals surface area contributed by atoms with Crippen LogP contribution in [0.2, 0.25) is 0 Å². The summed E-state index contributed by atoms with van der Waals surface area (Å²) in [6.45, 7) is 0.333. The lowest BCUT2D eigenvalue weighted by atomic mass is 10.1. The van der Waals surface area contributed by atoms with E-state index >= 15 is 0 Å². The van der Waals surface area contributed by atoms with E-state index in [1.165, 1.54) is 23.0 Å². The highest BCUT2D eigenvalue weighted by atomic mass is 32.2. The van der Waals surface area contributed by atoms with Crippen LogP contribution in [0.25, 0.3) is 0 Å². The lowest BCUT2D eigenvalue weighted by Crippen LogP contribution is -2.57. The largest absolute Gasteiger partial charge is 0.479 e. The molecular weight excluding hydrogens is 322 g/mol. The summed E-state index contributed by atoms with van der Waals surface area (Å²) in [5.41, 5.74) is 0.330. The molecule has 3 heterocycles. The normalized spacial score (nSPS) is 15.5. The highest BCUT2D eigenvalue weighted by Crippen LogP contribution is 2.25. The van der Waals surface area contributed by atoms with Gasteiger partial charge in [-0.1, -0.05) is 0 Å². The fourth-order valence-corrected chi connectivity index (χ4v) is 4.09. The van der Waals surface area contributed by atoms with Gasteiger partial charge in [-0.2, -0.15) is 0 Å². The fraction of sp³-hybridized carbons (Fsp3) is 0.429. The number of rotatable bonds is 5. The minimum atomic E-state index is -3.35. The Morgan fingerprint density at radius 3 is 2.83 bits per heavy atom. The number of furan rings is 1. The number of carbonyl (C=O) groups is 1. The van der Waals surface area contributed by atoms with E-state index in [1.54, 1.807) is 25.4 Å². The number of amides is 1. The highest BCUT2D eigenvalue weighted by molar-refractivity contribution is 7.91. The molecule has 1 aliphatic heterocycles. The van der Waals surface area contributed by atoms with Gasteiger partial charge in [0.15, 0.2) is 9.84 Å². The molecule has 0 N–H and O–H groups in total. The lowest BCUT2D eigenvalue weighted by molar-refractivity contribution is 0.0655. The van der Waals surface area contributed by atoms with Crippen molar-refractivity contribution in [3.63, 3.8) is 0 Å². The Labute approximate surface area is 133 Å². The standard InChI is InChI=1S/C14H17N3O5S/c1-16-8-12(13(15-16)21-2)14(18)17-6-11(7-17)23(19,20)9-10-4-3-5-22-10/h3-5,8,11H,6-7,9H2,1-2H3. The monoisotopic (exact) mass is 339 g/mol. The number of sulfone groups is 1. The van der Waals surface area contributed by atoms with Crippen LogP contribution in [0.15, 0.2) is 29.0 Å². The molecular formula is C14H17N3O5S. The number of methoxy groups -OCH3 is 1. The predicted octanol–water partition coefficient (Wildman–Crippen LogP) is 0.461. The highest BCUT2D eigenvalue weighted by Gasteiger charge is 2.41. The molecule has 0 aliphatic carbocycles. The van der Waals surface area contributed by atoms with E-state index in [0.717, 1.165) is 0 Å². The van der Waals surface area contributed by atoms with Gasteiger partial charge in [0.2, 0.25) is 5.88 Å². The summed E-state index contributed by atoms with van der Waals surface area (Å²) >= 11 is 0. The zero-order valence-electron chi connectivity index (χ0n) is 12.8. The summed E-state index contributed by atoms with van der Waals surface area (Å²) in [4.78, 5) is 13.9. The first-order valence-electron chi connectivity index (χ1n) is 7.01. The molecule has 1 aliphatic rings. The van der Waals surface area contributed by atoms with Gasteiger partial charge in [-0.25, -0.2) is 8.42 Å². The molecule has 2 aromatic heterocycles. The number of hydrogen-bond acceptors (Lipinski definition) is 6. The van der Waals surface area contributed by atoms with Gasteiger partial charge >= 0.3 is 0 Å². The number of nitrogens with zero attached hydrogens (tertiary/aromatic N) is 3. The van der Waals surface area contributed by atoms with Crippen molar-refractivity contribution in [1.29, 1.82) is 0 Å². The van der Waals surface area contributed by atoms with Crippen molar-refractivity contribution < 1.29 is 22.4 Å². The summed E-state index contributed by atoms with van der Waals surface area (Å²) in [7, 11) is -0.222. The van der Waals surface area contributed by atoms with Gasteiger partial charge in [0.25, 0.3) is 5.91 Å². The zero-order chi connectivity index (χ0) is 16.6. The summed E-state index contributed by atoms with van der Waals surface area (Å²) in [5.74, 6) is 0.214. The minimum absolute atomic E-state index is 0.150. The molecule has 1 saturated heterocycles. The van der Waals surface area contributed by atoms with E-state index in [2.05, 4.69) is 5.10 Å². The molecule has 0 unspecified atom stereocenters. The van der Waals surface area contributed by atoms with Gasteiger partial charge in [-0.15, -0.1) is 5.10 Å². The first kappa shape index (κ1) is 15.6. The van der Waals surface area contributed by atoms with Gasteiger partial charge in [0.1, 0.15) is 17.1 Å². The number of aryl methyl sites for hydroxylation is 1. The number of ether oxygens (including phenoxy) is 1. The van der Waals surface area contributed by atoms with E-state index in [0.29, 0.717) is 11.3 Å². The Kier molecular flexibility index (Phi) is 3.88. The number of likely N-dealkylation sites (tertiary alicyclic amines) is 1. The third-order valence-electron chi connectivity index (χ3n) is 3.79. The molecule has 124 valence electrons. The van der Waals surface area contributed by atoms with Crippen molar-refractivity contribution in [2.75, 3.05) is 20.2 Å². The molecule has 0 radical (unpaired) electrons. The average Bonchev–Trinajstić information content (AvgIpc) is 3.05. The van der Waals surface area contributed by atoms with Crippen LogP contribution >= 0.6 is 0 Å². The van der Waals surface area contributed by atoms with Gasteiger partial charge in [-0.05, 0) is 12.1 Å². The van der Waals surface area contributed by atoms with E-state index in [4.69, 9.17) is 9.15 Å². The Bertz CT molecular complexity index is 804. The lowest BCUT2D eigenvalue weighted by Gasteiger charge is -2.38. The maximum Gasteiger partial charge on any atom is 0.261 e. The van der Waals surface area contributed by atoms with Crippen LogP contribution in [0, 0.1) is 0 Å². The van der Waals surface area contributed by atoms with Gasteiger partial charge in [-0.3, -0.25) is 9.48 Å².